The largest absolute Gasteiger partial charge is 0.481 e. The predicted molar refractivity (Wildman–Crippen MR) is 56.3 cm³/mol. The van der Waals surface area contributed by atoms with Gasteiger partial charge in [-0.15, -0.1) is 0 Å². The van der Waals surface area contributed by atoms with Gasteiger partial charge in [-0.1, -0.05) is 13.8 Å². The van der Waals surface area contributed by atoms with Crippen LogP contribution in [0.2, 0.25) is 0 Å². The highest BCUT2D eigenvalue weighted by Gasteiger charge is 2.13. The van der Waals surface area contributed by atoms with E-state index in [1.807, 2.05) is 13.8 Å². The van der Waals surface area contributed by atoms with Crippen LogP contribution in [-0.2, 0) is 11.2 Å². The van der Waals surface area contributed by atoms with Crippen LogP contribution in [-0.4, -0.2) is 21.3 Å². The van der Waals surface area contributed by atoms with Gasteiger partial charge < -0.3 is 5.11 Å². The molecular weight excluding hydrogens is 248 g/mol. The van der Waals surface area contributed by atoms with Crippen LogP contribution in [0.3, 0.4) is 0 Å². The first-order chi connectivity index (χ1) is 6.52. The minimum Gasteiger partial charge on any atom is -0.481 e. The number of hydrogen-bond acceptors (Lipinski definition) is 2. The average molecular weight is 261 g/mol. The smallest absolute Gasteiger partial charge is 0.303 e. The van der Waals surface area contributed by atoms with E-state index < -0.39 is 5.97 Å². The van der Waals surface area contributed by atoms with E-state index in [1.54, 1.807) is 0 Å². The Morgan fingerprint density at radius 1 is 1.64 bits per heavy atom. The monoisotopic (exact) mass is 260 g/mol. The number of aliphatic carboxylic acids is 1. The molecule has 78 valence electrons. The Labute approximate surface area is 90.8 Å². The summed E-state index contributed by atoms with van der Waals surface area (Å²) in [7, 11) is 0. The van der Waals surface area contributed by atoms with E-state index in [0.717, 1.165) is 15.9 Å². The standard InChI is InChI=1S/C9H13BrN2O2/c1-5(2)9-8(10)6(11-12-9)3-4-7(13)14/h5H,3-4H2,1-2H3,(H,11,12)(H,13,14). The summed E-state index contributed by atoms with van der Waals surface area (Å²) in [6.07, 6.45) is 0.605. The predicted octanol–water partition coefficient (Wildman–Crippen LogP) is 2.31. The van der Waals surface area contributed by atoms with Crippen LogP contribution in [0.25, 0.3) is 0 Å². The molecule has 0 saturated heterocycles. The third kappa shape index (κ3) is 2.57. The summed E-state index contributed by atoms with van der Waals surface area (Å²) in [5.41, 5.74) is 1.81. The first-order valence-corrected chi connectivity index (χ1v) is 5.26. The number of halogens is 1. The quantitative estimate of drug-likeness (QED) is 0.874. The summed E-state index contributed by atoms with van der Waals surface area (Å²) in [6, 6.07) is 0. The van der Waals surface area contributed by atoms with Gasteiger partial charge in [0.15, 0.2) is 0 Å². The number of carboxylic acids is 1. The topological polar surface area (TPSA) is 66.0 Å². The highest BCUT2D eigenvalue weighted by atomic mass is 79.9. The van der Waals surface area contributed by atoms with Crippen molar-refractivity contribution in [3.8, 4) is 0 Å². The van der Waals surface area contributed by atoms with E-state index in [-0.39, 0.29) is 6.42 Å². The van der Waals surface area contributed by atoms with Crippen molar-refractivity contribution in [3.63, 3.8) is 0 Å². The summed E-state index contributed by atoms with van der Waals surface area (Å²) < 4.78 is 0.911. The van der Waals surface area contributed by atoms with Crippen molar-refractivity contribution in [1.29, 1.82) is 0 Å². The number of aryl methyl sites for hydroxylation is 1. The van der Waals surface area contributed by atoms with Gasteiger partial charge in [0.1, 0.15) is 0 Å². The molecule has 0 aromatic carbocycles. The number of nitrogens with one attached hydrogen (secondary N) is 1. The first-order valence-electron chi connectivity index (χ1n) is 4.46. The lowest BCUT2D eigenvalue weighted by atomic mass is 10.1. The molecule has 0 fully saturated rings. The molecule has 0 saturated carbocycles. The SMILES string of the molecule is CC(C)c1n[nH]c(CCC(=O)O)c1Br. The molecule has 0 atom stereocenters. The maximum Gasteiger partial charge on any atom is 0.303 e. The van der Waals surface area contributed by atoms with Crippen LogP contribution in [0.5, 0.6) is 0 Å². The number of nitrogens with zero attached hydrogens (tertiary/aromatic N) is 1. The van der Waals surface area contributed by atoms with E-state index in [1.165, 1.54) is 0 Å². The van der Waals surface area contributed by atoms with Crippen LogP contribution >= 0.6 is 15.9 Å². The van der Waals surface area contributed by atoms with E-state index >= 15 is 0 Å². The van der Waals surface area contributed by atoms with Crippen LogP contribution in [0.4, 0.5) is 0 Å². The molecule has 1 heterocycles. The minimum absolute atomic E-state index is 0.123. The van der Waals surface area contributed by atoms with E-state index in [2.05, 4.69) is 26.1 Å². The second-order valence-electron chi connectivity index (χ2n) is 3.45. The molecule has 0 bridgehead atoms. The molecule has 14 heavy (non-hydrogen) atoms. The number of carbonyl (C=O) groups is 1. The van der Waals surface area contributed by atoms with Crippen molar-refractivity contribution in [2.75, 3.05) is 0 Å². The molecule has 0 aliphatic rings. The Morgan fingerprint density at radius 2 is 2.29 bits per heavy atom. The number of rotatable bonds is 4. The van der Waals surface area contributed by atoms with Crippen molar-refractivity contribution < 1.29 is 9.90 Å². The lowest BCUT2D eigenvalue weighted by molar-refractivity contribution is -0.136. The second-order valence-corrected chi connectivity index (χ2v) is 4.24. The zero-order valence-electron chi connectivity index (χ0n) is 8.17. The molecule has 0 spiro atoms. The molecule has 1 aromatic heterocycles. The van der Waals surface area contributed by atoms with Gasteiger partial charge in [0.25, 0.3) is 0 Å². The van der Waals surface area contributed by atoms with Crippen LogP contribution < -0.4 is 0 Å². The Morgan fingerprint density at radius 3 is 2.71 bits per heavy atom. The lowest BCUT2D eigenvalue weighted by Crippen LogP contribution is -1.98. The molecule has 4 nitrogen and oxygen atoms in total. The van der Waals surface area contributed by atoms with Gasteiger partial charge in [0.05, 0.1) is 22.3 Å². The Hall–Kier alpha value is -0.840. The highest BCUT2D eigenvalue weighted by molar-refractivity contribution is 9.10. The summed E-state index contributed by atoms with van der Waals surface area (Å²) in [5.74, 6) is -0.461. The van der Waals surface area contributed by atoms with Gasteiger partial charge in [0.2, 0.25) is 0 Å². The summed E-state index contributed by atoms with van der Waals surface area (Å²) in [6.45, 7) is 4.09. The van der Waals surface area contributed by atoms with E-state index in [0.29, 0.717) is 12.3 Å². The fourth-order valence-electron chi connectivity index (χ4n) is 1.16. The summed E-state index contributed by atoms with van der Waals surface area (Å²) >= 11 is 3.42. The van der Waals surface area contributed by atoms with Gasteiger partial charge in [-0.3, -0.25) is 9.89 Å². The average Bonchev–Trinajstić information content (AvgIpc) is 2.43. The van der Waals surface area contributed by atoms with Crippen molar-refractivity contribution in [2.45, 2.75) is 32.6 Å². The van der Waals surface area contributed by atoms with Gasteiger partial charge in [-0.05, 0) is 21.8 Å². The molecule has 0 aliphatic carbocycles. The molecule has 2 N–H and O–H groups in total. The summed E-state index contributed by atoms with van der Waals surface area (Å²) in [5, 5.41) is 15.5. The number of carboxylic acid groups (broad SMARTS) is 1. The number of hydrogen-bond donors (Lipinski definition) is 2. The zero-order chi connectivity index (χ0) is 10.7. The molecule has 5 heteroatoms. The normalized spacial score (nSPS) is 10.9. The van der Waals surface area contributed by atoms with E-state index in [4.69, 9.17) is 5.11 Å². The Balaban J connectivity index is 2.74. The second kappa shape index (κ2) is 4.59. The molecule has 0 amide bonds. The Bertz CT molecular complexity index is 334. The van der Waals surface area contributed by atoms with Crippen LogP contribution in [0, 0.1) is 0 Å². The first kappa shape index (κ1) is 11.2. The van der Waals surface area contributed by atoms with Gasteiger partial charge in [0, 0.05) is 6.42 Å². The molecular formula is C9H13BrN2O2. The summed E-state index contributed by atoms with van der Waals surface area (Å²) in [4.78, 5) is 10.4. The number of H-pyrrole nitrogens is 1. The Kier molecular flexibility index (Phi) is 3.69. The highest BCUT2D eigenvalue weighted by Crippen LogP contribution is 2.26. The molecule has 1 rings (SSSR count). The van der Waals surface area contributed by atoms with Crippen molar-refractivity contribution in [3.05, 3.63) is 15.9 Å². The number of aromatic amines is 1. The molecule has 1 aromatic rings. The van der Waals surface area contributed by atoms with Crippen molar-refractivity contribution >= 4 is 21.9 Å². The maximum atomic E-state index is 10.4. The van der Waals surface area contributed by atoms with Crippen LogP contribution in [0.1, 0.15) is 37.6 Å². The zero-order valence-corrected chi connectivity index (χ0v) is 9.76. The third-order valence-corrected chi connectivity index (χ3v) is 2.82. The number of aromatic nitrogens is 2. The lowest BCUT2D eigenvalue weighted by Gasteiger charge is -2.00. The molecule has 0 aliphatic heterocycles. The third-order valence-electron chi connectivity index (χ3n) is 1.94. The minimum atomic E-state index is -0.794. The molecule has 0 unspecified atom stereocenters. The maximum absolute atomic E-state index is 10.4. The van der Waals surface area contributed by atoms with E-state index in [9.17, 15) is 4.79 Å². The fraction of sp³-hybridized carbons (Fsp3) is 0.556. The van der Waals surface area contributed by atoms with Crippen molar-refractivity contribution in [1.82, 2.24) is 10.2 Å². The van der Waals surface area contributed by atoms with Crippen molar-refractivity contribution in [2.24, 2.45) is 0 Å². The van der Waals surface area contributed by atoms with Crippen LogP contribution in [0.15, 0.2) is 4.47 Å². The van der Waals surface area contributed by atoms with Gasteiger partial charge >= 0.3 is 5.97 Å². The van der Waals surface area contributed by atoms with Gasteiger partial charge in [-0.2, -0.15) is 5.10 Å². The molecule has 0 radical (unpaired) electrons. The van der Waals surface area contributed by atoms with Gasteiger partial charge in [-0.25, -0.2) is 0 Å². The fourth-order valence-corrected chi connectivity index (χ4v) is 1.99.